The summed E-state index contributed by atoms with van der Waals surface area (Å²) in [4.78, 5) is 0. The molecule has 0 aliphatic rings. The number of hydrogen-bond donors (Lipinski definition) is 4. The lowest BCUT2D eigenvalue weighted by Gasteiger charge is -1.98. The molecule has 0 atom stereocenters. The van der Waals surface area contributed by atoms with Crippen molar-refractivity contribution in [2.24, 2.45) is 43.3 Å². The first-order valence-corrected chi connectivity index (χ1v) is 5.83. The van der Waals surface area contributed by atoms with Crippen molar-refractivity contribution >= 4 is 23.8 Å². The summed E-state index contributed by atoms with van der Waals surface area (Å²) in [5.74, 6) is -0.213. The van der Waals surface area contributed by atoms with Crippen LogP contribution in [0.4, 0.5) is 0 Å². The van der Waals surface area contributed by atoms with Gasteiger partial charge in [0.2, 0.25) is 11.9 Å². The maximum atomic E-state index is 5.20. The van der Waals surface area contributed by atoms with E-state index in [-0.39, 0.29) is 11.9 Å². The van der Waals surface area contributed by atoms with Crippen molar-refractivity contribution in [1.82, 2.24) is 0 Å². The van der Waals surface area contributed by atoms with E-state index in [1.165, 1.54) is 19.1 Å². The van der Waals surface area contributed by atoms with Crippen molar-refractivity contribution in [2.75, 3.05) is 0 Å². The van der Waals surface area contributed by atoms with Gasteiger partial charge in [0.25, 0.3) is 0 Å². The Balaban J connectivity index is 4.43. The Morgan fingerprint density at radius 1 is 0.889 bits per heavy atom. The van der Waals surface area contributed by atoms with Crippen molar-refractivity contribution in [3.8, 4) is 0 Å². The van der Waals surface area contributed by atoms with Crippen molar-refractivity contribution in [1.29, 1.82) is 0 Å². The highest BCUT2D eigenvalue weighted by atomic mass is 15.3. The maximum absolute atomic E-state index is 5.20. The molecule has 102 valence electrons. The lowest BCUT2D eigenvalue weighted by atomic mass is 10.1. The van der Waals surface area contributed by atoms with E-state index in [0.717, 1.165) is 19.3 Å². The average Bonchev–Trinajstić information content (AvgIpc) is 2.30. The van der Waals surface area contributed by atoms with Crippen molar-refractivity contribution in [2.45, 2.75) is 39.0 Å². The second-order valence-corrected chi connectivity index (χ2v) is 3.70. The zero-order chi connectivity index (χ0) is 13.8. The first kappa shape index (κ1) is 15.9. The summed E-state index contributed by atoms with van der Waals surface area (Å²) in [5.41, 5.74) is 21.3. The van der Waals surface area contributed by atoms with Crippen LogP contribution in [0.25, 0.3) is 0 Å². The van der Waals surface area contributed by atoms with Crippen LogP contribution in [-0.4, -0.2) is 23.8 Å². The molecule has 18 heavy (non-hydrogen) atoms. The monoisotopic (exact) mass is 254 g/mol. The molecule has 8 nitrogen and oxygen atoms in total. The number of rotatable bonds is 8. The fourth-order valence-corrected chi connectivity index (χ4v) is 1.16. The predicted octanol–water partition coefficient (Wildman–Crippen LogP) is -0.155. The maximum Gasteiger partial charge on any atom is 0.211 e. The van der Waals surface area contributed by atoms with Gasteiger partial charge in [0.05, 0.1) is 11.9 Å². The van der Waals surface area contributed by atoms with Crippen LogP contribution in [0.2, 0.25) is 0 Å². The molecule has 0 spiro atoms. The Kier molecular flexibility index (Phi) is 8.88. The van der Waals surface area contributed by atoms with E-state index in [4.69, 9.17) is 22.9 Å². The largest absolute Gasteiger partial charge is 0.369 e. The summed E-state index contributed by atoms with van der Waals surface area (Å²) in [5, 5.41) is 14.6. The fraction of sp³-hybridized carbons (Fsp3) is 0.600. The van der Waals surface area contributed by atoms with Gasteiger partial charge < -0.3 is 22.9 Å². The quantitative estimate of drug-likeness (QED) is 0.206. The summed E-state index contributed by atoms with van der Waals surface area (Å²) < 4.78 is 0. The molecule has 0 heterocycles. The molecule has 0 saturated carbocycles. The molecule has 0 fully saturated rings. The van der Waals surface area contributed by atoms with E-state index in [0.29, 0.717) is 5.71 Å². The minimum atomic E-state index is -0.113. The minimum Gasteiger partial charge on any atom is -0.369 e. The van der Waals surface area contributed by atoms with Crippen LogP contribution >= 0.6 is 0 Å². The Hall–Kier alpha value is -2.12. The van der Waals surface area contributed by atoms with Crippen molar-refractivity contribution in [3.63, 3.8) is 0 Å². The van der Waals surface area contributed by atoms with Crippen LogP contribution in [0.3, 0.4) is 0 Å². The predicted molar refractivity (Wildman–Crippen MR) is 76.3 cm³/mol. The number of hydrogen-bond acceptors (Lipinski definition) is 4. The van der Waals surface area contributed by atoms with Crippen LogP contribution in [0.1, 0.15) is 39.0 Å². The standard InChI is InChI=1S/C10H22N8/c1-2-3-4-5-6-8(16-18-10(13)14)7-15-17-9(11)12/h7H,2-6H2,1H3,(H4,11,12,17)(H4,13,14,18)/b15-7+,16-8-. The molecular formula is C10H22N8. The summed E-state index contributed by atoms with van der Waals surface area (Å²) in [6.45, 7) is 2.15. The Bertz CT molecular complexity index is 334. The second kappa shape index (κ2) is 10.1. The van der Waals surface area contributed by atoms with E-state index in [1.807, 2.05) is 0 Å². The third kappa shape index (κ3) is 10.4. The van der Waals surface area contributed by atoms with E-state index in [9.17, 15) is 0 Å². The molecule has 0 saturated heterocycles. The third-order valence-corrected chi connectivity index (χ3v) is 1.96. The first-order chi connectivity index (χ1) is 8.56. The second-order valence-electron chi connectivity index (χ2n) is 3.70. The molecule has 8 heteroatoms. The molecule has 0 radical (unpaired) electrons. The molecular weight excluding hydrogens is 232 g/mol. The first-order valence-electron chi connectivity index (χ1n) is 5.83. The number of nitrogens with two attached hydrogens (primary N) is 4. The smallest absolute Gasteiger partial charge is 0.211 e. The zero-order valence-electron chi connectivity index (χ0n) is 10.7. The zero-order valence-corrected chi connectivity index (χ0v) is 10.7. The summed E-state index contributed by atoms with van der Waals surface area (Å²) >= 11 is 0. The SMILES string of the molecule is CCCCCCC(/C=N/N=C(N)N)=N/N=C(N)N. The van der Waals surface area contributed by atoms with Gasteiger partial charge in [-0.1, -0.05) is 26.2 Å². The average molecular weight is 254 g/mol. The van der Waals surface area contributed by atoms with Gasteiger partial charge in [0.15, 0.2) is 0 Å². The van der Waals surface area contributed by atoms with E-state index in [1.54, 1.807) is 0 Å². The van der Waals surface area contributed by atoms with E-state index >= 15 is 0 Å². The van der Waals surface area contributed by atoms with Gasteiger partial charge in [-0.15, -0.1) is 10.2 Å². The Labute approximate surface area is 107 Å². The molecule has 0 bridgehead atoms. The van der Waals surface area contributed by atoms with Crippen LogP contribution < -0.4 is 22.9 Å². The normalized spacial score (nSPS) is 11.5. The van der Waals surface area contributed by atoms with Gasteiger partial charge in [0, 0.05) is 0 Å². The number of guanidine groups is 2. The van der Waals surface area contributed by atoms with Crippen LogP contribution in [-0.2, 0) is 0 Å². The van der Waals surface area contributed by atoms with Gasteiger partial charge in [0.1, 0.15) is 0 Å². The Morgan fingerprint density at radius 3 is 2.11 bits per heavy atom. The molecule has 0 aromatic rings. The lowest BCUT2D eigenvalue weighted by molar-refractivity contribution is 0.684. The highest BCUT2D eigenvalue weighted by molar-refractivity contribution is 6.30. The summed E-state index contributed by atoms with van der Waals surface area (Å²) in [7, 11) is 0. The lowest BCUT2D eigenvalue weighted by Crippen LogP contribution is -2.22. The van der Waals surface area contributed by atoms with Crippen molar-refractivity contribution in [3.05, 3.63) is 0 Å². The molecule has 0 amide bonds. The molecule has 0 rings (SSSR count). The molecule has 0 aliphatic heterocycles. The molecule has 8 N–H and O–H groups in total. The molecule has 0 aromatic heterocycles. The topological polar surface area (TPSA) is 154 Å². The molecule has 0 unspecified atom stereocenters. The minimum absolute atomic E-state index is 0.101. The van der Waals surface area contributed by atoms with Crippen molar-refractivity contribution < 1.29 is 0 Å². The summed E-state index contributed by atoms with van der Waals surface area (Å²) in [6, 6.07) is 0. The van der Waals surface area contributed by atoms with Crippen LogP contribution in [0.15, 0.2) is 20.4 Å². The molecule has 0 aromatic carbocycles. The third-order valence-electron chi connectivity index (χ3n) is 1.96. The van der Waals surface area contributed by atoms with Crippen LogP contribution in [0.5, 0.6) is 0 Å². The van der Waals surface area contributed by atoms with Gasteiger partial charge in [-0.3, -0.25) is 0 Å². The number of nitrogens with zero attached hydrogens (tertiary/aromatic N) is 4. The van der Waals surface area contributed by atoms with Gasteiger partial charge in [-0.2, -0.15) is 10.2 Å². The van der Waals surface area contributed by atoms with Gasteiger partial charge in [-0.05, 0) is 12.8 Å². The van der Waals surface area contributed by atoms with E-state index < -0.39 is 0 Å². The summed E-state index contributed by atoms with van der Waals surface area (Å²) in [6.07, 6.45) is 6.62. The van der Waals surface area contributed by atoms with Gasteiger partial charge in [-0.25, -0.2) is 0 Å². The van der Waals surface area contributed by atoms with Gasteiger partial charge >= 0.3 is 0 Å². The molecule has 0 aliphatic carbocycles. The fourth-order valence-electron chi connectivity index (χ4n) is 1.16. The highest BCUT2D eigenvalue weighted by Gasteiger charge is 1.97. The highest BCUT2D eigenvalue weighted by Crippen LogP contribution is 2.03. The Morgan fingerprint density at radius 2 is 1.56 bits per heavy atom. The van der Waals surface area contributed by atoms with E-state index in [2.05, 4.69) is 27.3 Å². The van der Waals surface area contributed by atoms with Crippen LogP contribution in [0, 0.1) is 0 Å². The number of unbranched alkanes of at least 4 members (excludes halogenated alkanes) is 3.